The van der Waals surface area contributed by atoms with Gasteiger partial charge in [0.1, 0.15) is 0 Å². The van der Waals surface area contributed by atoms with E-state index < -0.39 is 6.10 Å². The second-order valence-electron chi connectivity index (χ2n) is 6.74. The van der Waals surface area contributed by atoms with Crippen molar-refractivity contribution < 1.29 is 5.11 Å². The quantitative estimate of drug-likeness (QED) is 0.893. The van der Waals surface area contributed by atoms with Gasteiger partial charge in [-0.05, 0) is 35.1 Å². The van der Waals surface area contributed by atoms with E-state index in [0.717, 1.165) is 23.8 Å². The van der Waals surface area contributed by atoms with Crippen molar-refractivity contribution in [1.82, 2.24) is 0 Å². The summed E-state index contributed by atoms with van der Waals surface area (Å²) >= 11 is 0. The van der Waals surface area contributed by atoms with Crippen LogP contribution in [0.4, 0.5) is 0 Å². The third kappa shape index (κ3) is 2.58. The fraction of sp³-hybridized carbons (Fsp3) is 0.474. The number of hydrogen-bond acceptors (Lipinski definition) is 2. The van der Waals surface area contributed by atoms with Crippen molar-refractivity contribution in [2.45, 2.75) is 38.7 Å². The zero-order valence-electron chi connectivity index (χ0n) is 12.8. The molecule has 3 N–H and O–H groups in total. The molecule has 1 saturated carbocycles. The van der Waals surface area contributed by atoms with Gasteiger partial charge in [-0.3, -0.25) is 0 Å². The van der Waals surface area contributed by atoms with Gasteiger partial charge >= 0.3 is 0 Å². The van der Waals surface area contributed by atoms with Crippen LogP contribution in [0.25, 0.3) is 10.8 Å². The van der Waals surface area contributed by atoms with E-state index in [1.54, 1.807) is 0 Å². The topological polar surface area (TPSA) is 46.2 Å². The number of aliphatic hydroxyl groups is 1. The minimum absolute atomic E-state index is 0.165. The first-order chi connectivity index (χ1) is 10.2. The number of aliphatic hydroxyl groups excluding tert-OH is 1. The molecule has 0 aliphatic heterocycles. The Morgan fingerprint density at radius 1 is 1.24 bits per heavy atom. The predicted octanol–water partition coefficient (Wildman–Crippen LogP) is 4.03. The van der Waals surface area contributed by atoms with Crippen molar-refractivity contribution in [1.29, 1.82) is 0 Å². The molecule has 0 amide bonds. The van der Waals surface area contributed by atoms with E-state index in [-0.39, 0.29) is 5.41 Å². The SMILES string of the molecule is CC1CCCC(CN)(C(O)c2cccc3ccccc23)C1. The van der Waals surface area contributed by atoms with Gasteiger partial charge in [-0.25, -0.2) is 0 Å². The number of nitrogens with two attached hydrogens (primary N) is 1. The summed E-state index contributed by atoms with van der Waals surface area (Å²) in [7, 11) is 0. The van der Waals surface area contributed by atoms with Gasteiger partial charge in [0.15, 0.2) is 0 Å². The van der Waals surface area contributed by atoms with Gasteiger partial charge in [-0.15, -0.1) is 0 Å². The van der Waals surface area contributed by atoms with E-state index in [2.05, 4.69) is 31.2 Å². The highest BCUT2D eigenvalue weighted by Crippen LogP contribution is 2.48. The maximum atomic E-state index is 11.1. The Morgan fingerprint density at radius 3 is 2.76 bits per heavy atom. The summed E-state index contributed by atoms with van der Waals surface area (Å²) in [5.41, 5.74) is 6.99. The molecule has 0 bridgehead atoms. The van der Waals surface area contributed by atoms with Crippen molar-refractivity contribution in [3.63, 3.8) is 0 Å². The Hall–Kier alpha value is -1.38. The summed E-state index contributed by atoms with van der Waals surface area (Å²) < 4.78 is 0. The molecule has 112 valence electrons. The summed E-state index contributed by atoms with van der Waals surface area (Å²) in [6, 6.07) is 14.5. The van der Waals surface area contributed by atoms with E-state index in [1.807, 2.05) is 18.2 Å². The van der Waals surface area contributed by atoms with Crippen molar-refractivity contribution in [2.75, 3.05) is 6.54 Å². The lowest BCUT2D eigenvalue weighted by Gasteiger charge is -2.43. The minimum atomic E-state index is -0.476. The van der Waals surface area contributed by atoms with E-state index in [1.165, 1.54) is 18.2 Å². The van der Waals surface area contributed by atoms with E-state index in [4.69, 9.17) is 5.73 Å². The largest absolute Gasteiger partial charge is 0.388 e. The molecular formula is C19H25NO. The van der Waals surface area contributed by atoms with Crippen LogP contribution in [0.5, 0.6) is 0 Å². The van der Waals surface area contributed by atoms with Crippen LogP contribution in [0.1, 0.15) is 44.3 Å². The molecule has 1 fully saturated rings. The third-order valence-corrected chi connectivity index (χ3v) is 5.23. The standard InChI is InChI=1S/C19H25NO/c1-14-6-5-11-19(12-14,13-20)18(21)17-10-4-8-15-7-2-3-9-16(15)17/h2-4,7-10,14,18,21H,5-6,11-13,20H2,1H3. The van der Waals surface area contributed by atoms with Crippen LogP contribution < -0.4 is 5.73 Å². The van der Waals surface area contributed by atoms with Crippen LogP contribution in [0, 0.1) is 11.3 Å². The maximum Gasteiger partial charge on any atom is 0.0864 e. The monoisotopic (exact) mass is 283 g/mol. The molecule has 0 aromatic heterocycles. The molecule has 0 heterocycles. The predicted molar refractivity (Wildman–Crippen MR) is 88.0 cm³/mol. The molecule has 2 nitrogen and oxygen atoms in total. The lowest BCUT2D eigenvalue weighted by atomic mass is 9.65. The number of rotatable bonds is 3. The first kappa shape index (κ1) is 14.6. The van der Waals surface area contributed by atoms with Crippen molar-refractivity contribution in [2.24, 2.45) is 17.1 Å². The van der Waals surface area contributed by atoms with E-state index in [0.29, 0.717) is 12.5 Å². The first-order valence-corrected chi connectivity index (χ1v) is 8.02. The summed E-state index contributed by atoms with van der Waals surface area (Å²) in [5.74, 6) is 0.645. The van der Waals surface area contributed by atoms with Gasteiger partial charge in [0.2, 0.25) is 0 Å². The second-order valence-corrected chi connectivity index (χ2v) is 6.74. The van der Waals surface area contributed by atoms with Gasteiger partial charge in [-0.2, -0.15) is 0 Å². The summed E-state index contributed by atoms with van der Waals surface area (Å²) in [6.45, 7) is 2.83. The fourth-order valence-corrected chi connectivity index (χ4v) is 4.06. The van der Waals surface area contributed by atoms with Gasteiger partial charge in [-0.1, -0.05) is 62.2 Å². The Balaban J connectivity index is 2.04. The highest BCUT2D eigenvalue weighted by atomic mass is 16.3. The molecule has 2 aromatic rings. The Kier molecular flexibility index (Phi) is 4.01. The first-order valence-electron chi connectivity index (χ1n) is 8.02. The third-order valence-electron chi connectivity index (χ3n) is 5.23. The van der Waals surface area contributed by atoms with Gasteiger partial charge in [0.25, 0.3) is 0 Å². The summed E-state index contributed by atoms with van der Waals surface area (Å²) in [6.07, 6.45) is 3.99. The van der Waals surface area contributed by atoms with Crippen molar-refractivity contribution >= 4 is 10.8 Å². The molecule has 3 atom stereocenters. The molecule has 0 radical (unpaired) electrons. The molecule has 2 aromatic carbocycles. The highest BCUT2D eigenvalue weighted by molar-refractivity contribution is 5.86. The lowest BCUT2D eigenvalue weighted by Crippen LogP contribution is -2.40. The van der Waals surface area contributed by atoms with Crippen molar-refractivity contribution in [3.8, 4) is 0 Å². The van der Waals surface area contributed by atoms with Crippen LogP contribution >= 0.6 is 0 Å². The molecule has 3 unspecified atom stereocenters. The van der Waals surface area contributed by atoms with Crippen LogP contribution in [-0.4, -0.2) is 11.7 Å². The van der Waals surface area contributed by atoms with Crippen LogP contribution in [0.3, 0.4) is 0 Å². The second kappa shape index (κ2) is 5.78. The Labute approximate surface area is 127 Å². The molecule has 2 heteroatoms. The minimum Gasteiger partial charge on any atom is -0.388 e. The summed E-state index contributed by atoms with van der Waals surface area (Å²) in [5, 5.41) is 13.5. The van der Waals surface area contributed by atoms with Crippen LogP contribution in [0.2, 0.25) is 0 Å². The van der Waals surface area contributed by atoms with Gasteiger partial charge in [0, 0.05) is 12.0 Å². The van der Waals surface area contributed by atoms with Crippen LogP contribution in [0.15, 0.2) is 42.5 Å². The van der Waals surface area contributed by atoms with Gasteiger partial charge in [0.05, 0.1) is 6.10 Å². The molecule has 1 aliphatic rings. The zero-order chi connectivity index (χ0) is 14.9. The van der Waals surface area contributed by atoms with Crippen LogP contribution in [-0.2, 0) is 0 Å². The van der Waals surface area contributed by atoms with Gasteiger partial charge < -0.3 is 10.8 Å². The van der Waals surface area contributed by atoms with E-state index in [9.17, 15) is 5.11 Å². The number of hydrogen-bond donors (Lipinski definition) is 2. The average molecular weight is 283 g/mol. The molecule has 3 rings (SSSR count). The molecular weight excluding hydrogens is 258 g/mol. The molecule has 21 heavy (non-hydrogen) atoms. The average Bonchev–Trinajstić information content (AvgIpc) is 2.53. The molecule has 1 aliphatic carbocycles. The fourth-order valence-electron chi connectivity index (χ4n) is 4.06. The Bertz CT molecular complexity index is 618. The molecule has 0 saturated heterocycles. The van der Waals surface area contributed by atoms with E-state index >= 15 is 0 Å². The Morgan fingerprint density at radius 2 is 2.00 bits per heavy atom. The summed E-state index contributed by atoms with van der Waals surface area (Å²) in [4.78, 5) is 0. The maximum absolute atomic E-state index is 11.1. The molecule has 0 spiro atoms. The highest BCUT2D eigenvalue weighted by Gasteiger charge is 2.41. The zero-order valence-corrected chi connectivity index (χ0v) is 12.8. The lowest BCUT2D eigenvalue weighted by molar-refractivity contribution is -0.0121. The normalized spacial score (nSPS) is 27.7. The number of fused-ring (bicyclic) bond motifs is 1. The number of benzene rings is 2. The van der Waals surface area contributed by atoms with Crippen molar-refractivity contribution in [3.05, 3.63) is 48.0 Å². The smallest absolute Gasteiger partial charge is 0.0864 e.